The van der Waals surface area contributed by atoms with Crippen LogP contribution in [0, 0.1) is 19.8 Å². The highest BCUT2D eigenvalue weighted by atomic mass is 32.1. The lowest BCUT2D eigenvalue weighted by atomic mass is 10.0. The van der Waals surface area contributed by atoms with E-state index in [2.05, 4.69) is 56.3 Å². The number of hydrogen-bond donors (Lipinski definition) is 12. The zero-order chi connectivity index (χ0) is 97.0. The summed E-state index contributed by atoms with van der Waals surface area (Å²) in [6, 6.07) is 42.1. The van der Waals surface area contributed by atoms with Crippen LogP contribution in [0.2, 0.25) is 0 Å². The first-order valence-electron chi connectivity index (χ1n) is 44.0. The van der Waals surface area contributed by atoms with Gasteiger partial charge in [0.15, 0.2) is 17.1 Å². The van der Waals surface area contributed by atoms with Gasteiger partial charge in [0.05, 0.1) is 79.5 Å². The standard InChI is InChI=1S/C21H19N3O3.C17H19N3O3.C16H18N4O4.C14H17N5O3.C13H20N4O3.C12H15N5O2S/c25-20(22-27)18-12-19-14-24(11-10-23(19)13-18)21(26)17-8-6-16(7-9-17)15-4-2-1-3-5-15;1-2-12-4-3-5-13(8-12)17(22)20-7-6-19-10-14(16(21)18-23)9-15(19)11-20;1-24-13-5-3-11(4-6-13)16(22)19-7-2-8-20-12(10-19)9-14(17-20)15(21)18-23;1-9-5-12(15-17(9)2)14(21)19-4-3-18-7-10(13(20)16-22)6-11(18)8-19;1-9(2)4-3-5-16-6-7-17-11(13(16)19)8-10(14-17)12(18)15-20;1-8-13-9(7-20-8)4-16-2-3-17-5-10(12(18)15-19)14-11(17)6-16/h1-9,12-13,27H,10-11,14H2,(H,22,25);3-5,8-10,23H,2,6-7,11H2,1H3,(H,18,21);3-6,9,23H,2,7-8,10H2,1H3,(H,18,21);5-7,22H,3-4,8H2,1-2H3,(H,16,20);8-9,20H,3-7H2,1-2H3,(H,15,18);5,7,19H,2-4,6H2,1H3,(H,15,18). The van der Waals surface area contributed by atoms with Gasteiger partial charge in [-0.2, -0.15) is 15.3 Å². The van der Waals surface area contributed by atoms with Crippen LogP contribution in [-0.2, 0) is 92.0 Å². The molecule has 0 saturated heterocycles. The van der Waals surface area contributed by atoms with Crippen LogP contribution < -0.4 is 37.6 Å². The van der Waals surface area contributed by atoms with E-state index in [1.54, 1.807) is 166 Å². The van der Waals surface area contributed by atoms with Crippen molar-refractivity contribution in [3.63, 3.8) is 0 Å². The van der Waals surface area contributed by atoms with Gasteiger partial charge in [0.2, 0.25) is 0 Å². The van der Waals surface area contributed by atoms with E-state index < -0.39 is 35.4 Å². The van der Waals surface area contributed by atoms with Crippen LogP contribution in [0.15, 0.2) is 170 Å². The first-order valence-corrected chi connectivity index (χ1v) is 44.9. The number of imidazole rings is 1. The van der Waals surface area contributed by atoms with E-state index >= 15 is 0 Å². The van der Waals surface area contributed by atoms with Crippen molar-refractivity contribution in [3.05, 3.63) is 282 Å². The van der Waals surface area contributed by atoms with Gasteiger partial charge in [0.25, 0.3) is 65.0 Å². The summed E-state index contributed by atoms with van der Waals surface area (Å²) in [5.41, 5.74) is 22.6. The number of nitrogens with zero attached hydrogens (tertiary/aromatic N) is 18. The summed E-state index contributed by atoms with van der Waals surface area (Å²) in [5.74, 6) is -1.78. The molecule has 0 atom stereocenters. The van der Waals surface area contributed by atoms with Crippen LogP contribution in [-0.4, -0.2) is 236 Å². The number of amides is 11. The predicted octanol–water partition coefficient (Wildman–Crippen LogP) is 7.79. The van der Waals surface area contributed by atoms with Gasteiger partial charge in [-0.25, -0.2) is 42.8 Å². The van der Waals surface area contributed by atoms with Gasteiger partial charge in [-0.05, 0) is 141 Å². The van der Waals surface area contributed by atoms with Gasteiger partial charge >= 0.3 is 0 Å². The van der Waals surface area contributed by atoms with Crippen molar-refractivity contribution in [2.24, 2.45) is 13.0 Å². The molecule has 42 nitrogen and oxygen atoms in total. The van der Waals surface area contributed by atoms with E-state index in [0.29, 0.717) is 155 Å². The topological polar surface area (TPSA) is 509 Å². The van der Waals surface area contributed by atoms with Gasteiger partial charge in [-0.15, -0.1) is 11.3 Å². The Bertz CT molecular complexity index is 6280. The third-order valence-electron chi connectivity index (χ3n) is 23.6. The number of nitrogens with one attached hydrogen (secondary N) is 6. The SMILES string of the molecule is CC(C)CCCN1CCn2nc(C(=O)NO)cc2C1=O.CCc1cccc(C(=O)N2CCn3cc(C(=O)NO)cc3C2)c1.COc1ccc(C(=O)N2CCCn3nc(C(=O)NO)cc3C2)cc1.Cc1cc(C(=O)N2CCn3cc(C(=O)NO)cc3C2)nn1C.Cc1nc(CN2CCn3cc(C(=O)NO)nc3C2)cs1.O=C(NO)c1cc2n(c1)CCN(C(=O)c1ccc(-c3ccccc3)cc1)C2. The van der Waals surface area contributed by atoms with Crippen LogP contribution in [0.1, 0.15) is 205 Å². The smallest absolute Gasteiger partial charge is 0.295 e. The Morgan fingerprint density at radius 1 is 0.449 bits per heavy atom. The van der Waals surface area contributed by atoms with Gasteiger partial charge in [-0.1, -0.05) is 75.4 Å². The Kier molecular flexibility index (Phi) is 32.9. The van der Waals surface area contributed by atoms with Crippen molar-refractivity contribution < 1.29 is 88.7 Å². The van der Waals surface area contributed by atoms with E-state index in [-0.39, 0.29) is 46.6 Å². The number of rotatable bonds is 19. The number of hydrogen-bond acceptors (Lipinski definition) is 25. The first-order chi connectivity index (χ1) is 65.6. The fourth-order valence-corrected chi connectivity index (χ4v) is 16.8. The number of aryl methyl sites for hydroxylation is 5. The Labute approximate surface area is 784 Å². The number of methoxy groups -OCH3 is 1. The van der Waals surface area contributed by atoms with Crippen molar-refractivity contribution in [1.29, 1.82) is 0 Å². The number of carbonyl (C=O) groups excluding carboxylic acids is 11. The molecule has 0 bridgehead atoms. The van der Waals surface area contributed by atoms with Crippen molar-refractivity contribution in [2.45, 2.75) is 139 Å². The highest BCUT2D eigenvalue weighted by Gasteiger charge is 2.32. The van der Waals surface area contributed by atoms with Crippen LogP contribution in [0.3, 0.4) is 0 Å². The van der Waals surface area contributed by atoms with Crippen LogP contribution in [0.5, 0.6) is 5.75 Å². The van der Waals surface area contributed by atoms with Crippen LogP contribution >= 0.6 is 11.3 Å². The number of hydroxylamine groups is 6. The number of fused-ring (bicyclic) bond motifs is 6. The maximum atomic E-state index is 12.9. The van der Waals surface area contributed by atoms with Crippen LogP contribution in [0.4, 0.5) is 0 Å². The zero-order valence-electron chi connectivity index (χ0n) is 76.0. The van der Waals surface area contributed by atoms with E-state index in [1.165, 1.54) is 16.2 Å². The van der Waals surface area contributed by atoms with E-state index in [0.717, 1.165) is 114 Å². The first kappa shape index (κ1) is 98.4. The fraction of sp³-hybridized carbons (Fsp3) is 0.333. The molecule has 11 amide bonds. The lowest BCUT2D eigenvalue weighted by Gasteiger charge is -2.28. The third-order valence-corrected chi connectivity index (χ3v) is 24.4. The maximum Gasteiger partial charge on any atom is 0.295 e. The van der Waals surface area contributed by atoms with Crippen molar-refractivity contribution in [3.8, 4) is 16.9 Å². The molecule has 6 aliphatic heterocycles. The largest absolute Gasteiger partial charge is 0.497 e. The lowest BCUT2D eigenvalue weighted by molar-refractivity contribution is 0.0683. The molecule has 0 unspecified atom stereocenters. The average molecular weight is 1880 g/mol. The second-order valence-electron chi connectivity index (χ2n) is 33.2. The zero-order valence-corrected chi connectivity index (χ0v) is 76.9. The molecule has 0 spiro atoms. The molecule has 4 aromatic carbocycles. The van der Waals surface area contributed by atoms with Gasteiger partial charge in [-0.3, -0.25) is 103 Å². The summed E-state index contributed by atoms with van der Waals surface area (Å²) in [6.45, 7) is 21.7. The molecule has 12 aromatic rings. The summed E-state index contributed by atoms with van der Waals surface area (Å²) in [6.07, 6.45) is 10.4. The number of thiazole rings is 1. The minimum Gasteiger partial charge on any atom is -0.497 e. The molecular weight excluding hydrogens is 1770 g/mol. The van der Waals surface area contributed by atoms with Gasteiger partial charge in [0.1, 0.15) is 23.0 Å². The Morgan fingerprint density at radius 2 is 0.956 bits per heavy atom. The van der Waals surface area contributed by atoms with E-state index in [9.17, 15) is 52.7 Å². The van der Waals surface area contributed by atoms with Crippen molar-refractivity contribution in [2.75, 3.05) is 52.9 Å². The lowest BCUT2D eigenvalue weighted by Crippen LogP contribution is -2.40. The molecule has 43 heteroatoms. The minimum atomic E-state index is -0.703. The predicted molar refractivity (Wildman–Crippen MR) is 489 cm³/mol. The molecule has 0 saturated carbocycles. The fourth-order valence-electron chi connectivity index (χ4n) is 16.2. The van der Waals surface area contributed by atoms with Crippen LogP contribution in [0.25, 0.3) is 11.1 Å². The molecule has 6 aliphatic rings. The molecule has 8 aromatic heterocycles. The highest BCUT2D eigenvalue weighted by molar-refractivity contribution is 7.09. The summed E-state index contributed by atoms with van der Waals surface area (Å²) < 4.78 is 17.7. The van der Waals surface area contributed by atoms with Gasteiger partial charge < -0.3 is 47.5 Å². The number of ether oxygens (including phenoxy) is 1. The molecule has 136 heavy (non-hydrogen) atoms. The normalized spacial score (nSPS) is 14.0. The van der Waals surface area contributed by atoms with E-state index in [4.69, 9.17) is 36.0 Å². The summed E-state index contributed by atoms with van der Waals surface area (Å²) in [7, 11) is 3.38. The van der Waals surface area contributed by atoms with Crippen molar-refractivity contribution in [1.82, 2.24) is 120 Å². The maximum absolute atomic E-state index is 12.9. The molecular formula is C93H108N24O18S. The molecule has 0 aliphatic carbocycles. The van der Waals surface area contributed by atoms with E-state index in [1.807, 2.05) is 111 Å². The monoisotopic (exact) mass is 1880 g/mol. The highest BCUT2D eigenvalue weighted by Crippen LogP contribution is 2.28. The summed E-state index contributed by atoms with van der Waals surface area (Å²) >= 11 is 1.65. The molecule has 18 rings (SSSR count). The van der Waals surface area contributed by atoms with Crippen molar-refractivity contribution >= 4 is 76.3 Å². The summed E-state index contributed by atoms with van der Waals surface area (Å²) in [4.78, 5) is 151. The molecule has 14 heterocycles. The minimum absolute atomic E-state index is 0.000842. The Morgan fingerprint density at radius 3 is 1.48 bits per heavy atom. The Hall–Kier alpha value is -15.1. The molecule has 12 N–H and O–H groups in total. The average Bonchev–Trinajstić information content (AvgIpc) is 1.65. The molecule has 714 valence electrons. The number of benzene rings is 4. The second kappa shape index (κ2) is 45.5. The number of aromatic nitrogens is 12. The number of carbonyl (C=O) groups is 11. The van der Waals surface area contributed by atoms with Gasteiger partial charge in [0, 0.05) is 168 Å². The second-order valence-corrected chi connectivity index (χ2v) is 34.2. The Balaban J connectivity index is 0.000000138. The molecule has 0 radical (unpaired) electrons. The summed E-state index contributed by atoms with van der Waals surface area (Å²) in [5, 5.41) is 67.6. The molecule has 0 fully saturated rings. The third kappa shape index (κ3) is 24.3. The quantitative estimate of drug-likeness (QED) is 0.0271.